The summed E-state index contributed by atoms with van der Waals surface area (Å²) in [4.78, 5) is 20.9. The predicted octanol–water partition coefficient (Wildman–Crippen LogP) is 8.62. The van der Waals surface area contributed by atoms with Gasteiger partial charge in [-0.3, -0.25) is 9.58 Å². The number of pyridine rings is 1. The largest absolute Gasteiger partial charge is 0.473 e. The Kier molecular flexibility index (Phi) is 11.0. The molecule has 5 aromatic rings. The van der Waals surface area contributed by atoms with Crippen molar-refractivity contribution in [1.29, 1.82) is 0 Å². The van der Waals surface area contributed by atoms with E-state index in [4.69, 9.17) is 24.3 Å². The summed E-state index contributed by atoms with van der Waals surface area (Å²) in [5.41, 5.74) is 4.80. The fraction of sp³-hybridized carbons (Fsp3) is 0.372. The van der Waals surface area contributed by atoms with Gasteiger partial charge in [-0.2, -0.15) is 10.1 Å². The average molecular weight is 736 g/mol. The Morgan fingerprint density at radius 3 is 2.26 bits per heavy atom. The van der Waals surface area contributed by atoms with Crippen LogP contribution in [-0.4, -0.2) is 75.2 Å². The molecule has 2 aromatic heterocycles. The molecular weight excluding hydrogens is 689 g/mol. The maximum Gasteiger partial charge on any atom is 0.410 e. The minimum atomic E-state index is -1.13. The standard InChI is InChI=1S/C43H47F2N5O4/c1-43(2,3)54-42(51)50-22-19-32(37(45)26-50)25-49-20-17-31(18-21-49)34-24-38-35(23-36(34)44)40(47-48(38)4)33-15-16-39(52-27-29-11-7-5-8-12-29)46-41(33)53-28-30-13-9-6-10-14-30/h5-17,23-24,32,37H,18-22,25-28H2,1-4H3/t32-,37-/m0/s1. The van der Waals surface area contributed by atoms with Crippen LogP contribution < -0.4 is 9.47 Å². The summed E-state index contributed by atoms with van der Waals surface area (Å²) in [6, 6.07) is 26.8. The van der Waals surface area contributed by atoms with Crippen molar-refractivity contribution in [2.45, 2.75) is 58.6 Å². The van der Waals surface area contributed by atoms with Gasteiger partial charge in [0.25, 0.3) is 0 Å². The van der Waals surface area contributed by atoms with E-state index in [1.807, 2.05) is 85.9 Å². The van der Waals surface area contributed by atoms with E-state index in [-0.39, 0.29) is 24.9 Å². The average Bonchev–Trinajstić information content (AvgIpc) is 3.48. The maximum absolute atomic E-state index is 16.1. The fourth-order valence-corrected chi connectivity index (χ4v) is 7.08. The number of benzene rings is 3. The molecule has 4 heterocycles. The molecule has 2 aliphatic heterocycles. The normalized spacial score (nSPS) is 18.0. The topological polar surface area (TPSA) is 82.0 Å². The van der Waals surface area contributed by atoms with Gasteiger partial charge in [-0.1, -0.05) is 66.7 Å². The molecule has 1 amide bonds. The summed E-state index contributed by atoms with van der Waals surface area (Å²) in [6.45, 7) is 8.42. The second kappa shape index (κ2) is 16.0. The lowest BCUT2D eigenvalue weighted by atomic mass is 9.92. The van der Waals surface area contributed by atoms with E-state index in [1.165, 1.54) is 4.90 Å². The van der Waals surface area contributed by atoms with Crippen LogP contribution in [0.4, 0.5) is 13.6 Å². The zero-order chi connectivity index (χ0) is 37.8. The monoisotopic (exact) mass is 735 g/mol. The summed E-state index contributed by atoms with van der Waals surface area (Å²) in [5, 5.41) is 5.48. The third-order valence-electron chi connectivity index (χ3n) is 9.94. The SMILES string of the molecule is Cn1nc(-c2ccc(OCc3ccccc3)nc2OCc2ccccc2)c2cc(F)c(C3=CCN(C[C@@H]4CCN(C(=O)OC(C)(C)C)C[C@@H]4F)CC3)cc21. The first-order chi connectivity index (χ1) is 26.0. The molecule has 54 heavy (non-hydrogen) atoms. The molecule has 1 saturated heterocycles. The summed E-state index contributed by atoms with van der Waals surface area (Å²) in [6.07, 6.45) is 1.64. The molecular formula is C43H47F2N5O4. The number of piperidine rings is 1. The van der Waals surface area contributed by atoms with E-state index >= 15 is 8.78 Å². The Morgan fingerprint density at radius 1 is 0.907 bits per heavy atom. The van der Waals surface area contributed by atoms with Crippen LogP contribution in [-0.2, 0) is 25.0 Å². The Balaban J connectivity index is 1.07. The lowest BCUT2D eigenvalue weighted by Crippen LogP contribution is -2.49. The summed E-state index contributed by atoms with van der Waals surface area (Å²) >= 11 is 0. The number of likely N-dealkylation sites (tertiary alicyclic amines) is 1. The number of carbonyl (C=O) groups excluding carboxylic acids is 1. The molecule has 0 bridgehead atoms. The van der Waals surface area contributed by atoms with Crippen LogP contribution in [0.1, 0.15) is 50.3 Å². The molecule has 1 fully saturated rings. The molecule has 0 radical (unpaired) electrons. The number of amides is 1. The number of ether oxygens (including phenoxy) is 3. The van der Waals surface area contributed by atoms with Crippen molar-refractivity contribution < 1.29 is 27.8 Å². The van der Waals surface area contributed by atoms with Crippen LogP contribution in [0.2, 0.25) is 0 Å². The van der Waals surface area contributed by atoms with Gasteiger partial charge in [0.05, 0.1) is 17.6 Å². The van der Waals surface area contributed by atoms with Gasteiger partial charge >= 0.3 is 6.09 Å². The summed E-state index contributed by atoms with van der Waals surface area (Å²) in [7, 11) is 1.85. The lowest BCUT2D eigenvalue weighted by Gasteiger charge is -2.38. The molecule has 282 valence electrons. The Morgan fingerprint density at radius 2 is 1.61 bits per heavy atom. The molecule has 2 atom stereocenters. The highest BCUT2D eigenvalue weighted by molar-refractivity contribution is 5.96. The third-order valence-corrected chi connectivity index (χ3v) is 9.94. The van der Waals surface area contributed by atoms with Crippen LogP contribution in [0.3, 0.4) is 0 Å². The fourth-order valence-electron chi connectivity index (χ4n) is 7.08. The highest BCUT2D eigenvalue weighted by Crippen LogP contribution is 2.38. The van der Waals surface area contributed by atoms with Crippen molar-refractivity contribution in [2.75, 3.05) is 32.7 Å². The van der Waals surface area contributed by atoms with Crippen LogP contribution in [0, 0.1) is 11.7 Å². The van der Waals surface area contributed by atoms with Crippen LogP contribution in [0.15, 0.2) is 91.0 Å². The van der Waals surface area contributed by atoms with E-state index in [0.717, 1.165) is 22.2 Å². The quantitative estimate of drug-likeness (QED) is 0.142. The number of aryl methyl sites for hydroxylation is 1. The third kappa shape index (κ3) is 8.73. The van der Waals surface area contributed by atoms with E-state index in [0.29, 0.717) is 79.6 Å². The van der Waals surface area contributed by atoms with Gasteiger partial charge in [0, 0.05) is 56.2 Å². The second-order valence-electron chi connectivity index (χ2n) is 15.1. The minimum Gasteiger partial charge on any atom is -0.473 e. The van der Waals surface area contributed by atoms with Gasteiger partial charge in [-0.15, -0.1) is 0 Å². The molecule has 0 saturated carbocycles. The zero-order valence-corrected chi connectivity index (χ0v) is 31.3. The minimum absolute atomic E-state index is 0.0370. The number of carbonyl (C=O) groups is 1. The van der Waals surface area contributed by atoms with Gasteiger partial charge in [0.15, 0.2) is 0 Å². The molecule has 0 spiro atoms. The number of nitrogens with zero attached hydrogens (tertiary/aromatic N) is 5. The van der Waals surface area contributed by atoms with E-state index in [9.17, 15) is 4.79 Å². The van der Waals surface area contributed by atoms with Gasteiger partial charge < -0.3 is 19.1 Å². The Hall–Kier alpha value is -5.29. The molecule has 2 aliphatic rings. The molecule has 0 N–H and O–H groups in total. The number of halogens is 2. The molecule has 9 nitrogen and oxygen atoms in total. The van der Waals surface area contributed by atoms with Gasteiger partial charge in [0.2, 0.25) is 11.8 Å². The van der Waals surface area contributed by atoms with Gasteiger partial charge in [-0.25, -0.2) is 13.6 Å². The second-order valence-corrected chi connectivity index (χ2v) is 15.1. The zero-order valence-electron chi connectivity index (χ0n) is 31.3. The van der Waals surface area contributed by atoms with E-state index in [2.05, 4.69) is 4.90 Å². The van der Waals surface area contributed by atoms with Crippen LogP contribution in [0.5, 0.6) is 11.8 Å². The van der Waals surface area contributed by atoms with Crippen molar-refractivity contribution in [1.82, 2.24) is 24.6 Å². The van der Waals surface area contributed by atoms with Gasteiger partial charge in [-0.05, 0) is 68.5 Å². The Labute approximate surface area is 315 Å². The predicted molar refractivity (Wildman–Crippen MR) is 205 cm³/mol. The first kappa shape index (κ1) is 37.0. The van der Waals surface area contributed by atoms with Crippen molar-refractivity contribution >= 4 is 22.6 Å². The van der Waals surface area contributed by atoms with E-state index < -0.39 is 17.9 Å². The number of hydrogen-bond acceptors (Lipinski definition) is 7. The molecule has 7 rings (SSSR count). The molecule has 11 heteroatoms. The first-order valence-electron chi connectivity index (χ1n) is 18.6. The van der Waals surface area contributed by atoms with Crippen molar-refractivity contribution in [3.63, 3.8) is 0 Å². The summed E-state index contributed by atoms with van der Waals surface area (Å²) in [5.74, 6) is 0.235. The van der Waals surface area contributed by atoms with Crippen molar-refractivity contribution in [3.05, 3.63) is 114 Å². The smallest absolute Gasteiger partial charge is 0.410 e. The van der Waals surface area contributed by atoms with E-state index in [1.54, 1.807) is 37.6 Å². The van der Waals surface area contributed by atoms with Crippen molar-refractivity contribution in [2.24, 2.45) is 13.0 Å². The van der Waals surface area contributed by atoms with Crippen LogP contribution >= 0.6 is 0 Å². The van der Waals surface area contributed by atoms with Gasteiger partial charge in [0.1, 0.15) is 36.5 Å². The molecule has 3 aromatic carbocycles. The number of rotatable bonds is 10. The Bertz CT molecular complexity index is 2120. The summed E-state index contributed by atoms with van der Waals surface area (Å²) < 4.78 is 50.8. The molecule has 0 aliphatic carbocycles. The molecule has 0 unspecified atom stereocenters. The highest BCUT2D eigenvalue weighted by atomic mass is 19.1. The lowest BCUT2D eigenvalue weighted by molar-refractivity contribution is 0.00200. The number of fused-ring (bicyclic) bond motifs is 1. The van der Waals surface area contributed by atoms with Crippen molar-refractivity contribution in [3.8, 4) is 23.0 Å². The maximum atomic E-state index is 16.1. The number of aromatic nitrogens is 3. The highest BCUT2D eigenvalue weighted by Gasteiger charge is 2.35. The number of hydrogen-bond donors (Lipinski definition) is 0. The first-order valence-corrected chi connectivity index (χ1v) is 18.6. The van der Waals surface area contributed by atoms with Crippen LogP contribution in [0.25, 0.3) is 27.7 Å². The number of alkyl halides is 1.